The molecule has 0 spiro atoms. The van der Waals surface area contributed by atoms with Gasteiger partial charge in [0.15, 0.2) is 11.5 Å². The predicted octanol–water partition coefficient (Wildman–Crippen LogP) is 3.98. The summed E-state index contributed by atoms with van der Waals surface area (Å²) in [5, 5.41) is 6.03. The van der Waals surface area contributed by atoms with Crippen molar-refractivity contribution in [1.82, 2.24) is 9.97 Å². The van der Waals surface area contributed by atoms with Gasteiger partial charge >= 0.3 is 0 Å². The molecule has 0 atom stereocenters. The van der Waals surface area contributed by atoms with E-state index in [-0.39, 0.29) is 11.6 Å². The molecule has 0 aliphatic carbocycles. The number of anilines is 2. The summed E-state index contributed by atoms with van der Waals surface area (Å²) in [5.41, 5.74) is 3.88. The second-order valence-electron chi connectivity index (χ2n) is 6.52. The van der Waals surface area contributed by atoms with Crippen LogP contribution in [-0.2, 0) is 6.54 Å². The molecule has 0 saturated heterocycles. The van der Waals surface area contributed by atoms with Crippen molar-refractivity contribution in [2.45, 2.75) is 20.4 Å². The van der Waals surface area contributed by atoms with Gasteiger partial charge in [0.25, 0.3) is 5.91 Å². The number of rotatable bonds is 7. The molecule has 0 aliphatic heterocycles. The number of nitrogens with one attached hydrogen (secondary N) is 2. The summed E-state index contributed by atoms with van der Waals surface area (Å²) in [7, 11) is 3.11. The van der Waals surface area contributed by atoms with Gasteiger partial charge in [-0.1, -0.05) is 24.3 Å². The molecule has 0 bridgehead atoms. The summed E-state index contributed by atoms with van der Waals surface area (Å²) in [6, 6.07) is 14.9. The molecule has 29 heavy (non-hydrogen) atoms. The van der Waals surface area contributed by atoms with Gasteiger partial charge in [-0.05, 0) is 43.2 Å². The number of hydrogen-bond donors (Lipinski definition) is 2. The molecular weight excluding hydrogens is 368 g/mol. The Labute approximate surface area is 170 Å². The fourth-order valence-corrected chi connectivity index (χ4v) is 2.86. The van der Waals surface area contributed by atoms with Crippen LogP contribution in [0.2, 0.25) is 0 Å². The monoisotopic (exact) mass is 392 g/mol. The Hall–Kier alpha value is -3.61. The van der Waals surface area contributed by atoms with Crippen molar-refractivity contribution in [3.8, 4) is 11.5 Å². The second-order valence-corrected chi connectivity index (χ2v) is 6.52. The highest BCUT2D eigenvalue weighted by Crippen LogP contribution is 2.29. The predicted molar refractivity (Wildman–Crippen MR) is 113 cm³/mol. The van der Waals surface area contributed by atoms with Crippen molar-refractivity contribution < 1.29 is 14.3 Å². The van der Waals surface area contributed by atoms with Crippen LogP contribution >= 0.6 is 0 Å². The van der Waals surface area contributed by atoms with Crippen LogP contribution in [0.1, 0.15) is 27.3 Å². The molecule has 0 saturated carbocycles. The Morgan fingerprint density at radius 3 is 2.45 bits per heavy atom. The maximum absolute atomic E-state index is 12.7. The third kappa shape index (κ3) is 5.01. The SMILES string of the molecule is COc1ccc(NC(=O)c2cc(C)nc(NCc3ccccc3C)n2)cc1OC. The van der Waals surface area contributed by atoms with Crippen LogP contribution in [0.25, 0.3) is 0 Å². The van der Waals surface area contributed by atoms with Crippen molar-refractivity contribution in [3.05, 3.63) is 71.0 Å². The Balaban J connectivity index is 1.75. The standard InChI is InChI=1S/C22H24N4O3/c1-14-7-5-6-8-16(14)13-23-22-24-15(2)11-18(26-22)21(27)25-17-9-10-19(28-3)20(12-17)29-4/h5-12H,13H2,1-4H3,(H,25,27)(H,23,24,26). The minimum Gasteiger partial charge on any atom is -0.493 e. The summed E-state index contributed by atoms with van der Waals surface area (Å²) < 4.78 is 10.5. The lowest BCUT2D eigenvalue weighted by atomic mass is 10.1. The highest BCUT2D eigenvalue weighted by molar-refractivity contribution is 6.03. The van der Waals surface area contributed by atoms with Crippen LogP contribution in [0.4, 0.5) is 11.6 Å². The summed E-state index contributed by atoms with van der Waals surface area (Å²) >= 11 is 0. The Kier molecular flexibility index (Phi) is 6.29. The van der Waals surface area contributed by atoms with Crippen LogP contribution in [-0.4, -0.2) is 30.1 Å². The topological polar surface area (TPSA) is 85.4 Å². The first-order valence-corrected chi connectivity index (χ1v) is 9.17. The number of aromatic nitrogens is 2. The van der Waals surface area contributed by atoms with E-state index in [2.05, 4.69) is 33.6 Å². The number of ether oxygens (including phenoxy) is 2. The lowest BCUT2D eigenvalue weighted by Gasteiger charge is -2.12. The van der Waals surface area contributed by atoms with Crippen LogP contribution in [0.5, 0.6) is 11.5 Å². The first kappa shape index (κ1) is 20.1. The maximum atomic E-state index is 12.7. The van der Waals surface area contributed by atoms with E-state index in [0.29, 0.717) is 35.4 Å². The number of aryl methyl sites for hydroxylation is 2. The summed E-state index contributed by atoms with van der Waals surface area (Å²) in [6.07, 6.45) is 0. The Bertz CT molecular complexity index is 1020. The molecule has 7 heteroatoms. The van der Waals surface area contributed by atoms with Crippen LogP contribution in [0.3, 0.4) is 0 Å². The van der Waals surface area contributed by atoms with Crippen molar-refractivity contribution in [2.75, 3.05) is 24.9 Å². The number of benzene rings is 2. The van der Waals surface area contributed by atoms with Gasteiger partial charge in [0, 0.05) is 24.0 Å². The lowest BCUT2D eigenvalue weighted by Crippen LogP contribution is -2.16. The van der Waals surface area contributed by atoms with Crippen LogP contribution in [0, 0.1) is 13.8 Å². The number of carbonyl (C=O) groups excluding carboxylic acids is 1. The van der Waals surface area contributed by atoms with E-state index < -0.39 is 0 Å². The van der Waals surface area contributed by atoms with Gasteiger partial charge in [-0.25, -0.2) is 9.97 Å². The molecule has 0 radical (unpaired) electrons. The van der Waals surface area contributed by atoms with Crippen molar-refractivity contribution in [3.63, 3.8) is 0 Å². The molecule has 2 aromatic carbocycles. The first-order chi connectivity index (χ1) is 14.0. The van der Waals surface area contributed by atoms with Crippen molar-refractivity contribution >= 4 is 17.5 Å². The largest absolute Gasteiger partial charge is 0.493 e. The Morgan fingerprint density at radius 1 is 0.966 bits per heavy atom. The van der Waals surface area contributed by atoms with Crippen LogP contribution < -0.4 is 20.1 Å². The minimum absolute atomic E-state index is 0.277. The Morgan fingerprint density at radius 2 is 1.72 bits per heavy atom. The number of carbonyl (C=O) groups is 1. The van der Waals surface area contributed by atoms with E-state index in [9.17, 15) is 4.79 Å². The zero-order valence-electron chi connectivity index (χ0n) is 16.9. The fourth-order valence-electron chi connectivity index (χ4n) is 2.86. The summed E-state index contributed by atoms with van der Waals surface area (Å²) in [4.78, 5) is 21.4. The first-order valence-electron chi connectivity index (χ1n) is 9.17. The van der Waals surface area contributed by atoms with E-state index in [0.717, 1.165) is 5.56 Å². The molecule has 1 aromatic heterocycles. The van der Waals surface area contributed by atoms with E-state index in [4.69, 9.17) is 9.47 Å². The molecule has 150 valence electrons. The number of hydrogen-bond acceptors (Lipinski definition) is 6. The molecule has 2 N–H and O–H groups in total. The van der Waals surface area contributed by atoms with Gasteiger partial charge in [-0.2, -0.15) is 0 Å². The highest BCUT2D eigenvalue weighted by atomic mass is 16.5. The molecule has 3 aromatic rings. The molecule has 0 aliphatic rings. The number of methoxy groups -OCH3 is 2. The van der Waals surface area contributed by atoms with Gasteiger partial charge in [0.2, 0.25) is 5.95 Å². The van der Waals surface area contributed by atoms with Gasteiger partial charge < -0.3 is 20.1 Å². The minimum atomic E-state index is -0.332. The normalized spacial score (nSPS) is 10.3. The summed E-state index contributed by atoms with van der Waals surface area (Å²) in [6.45, 7) is 4.46. The molecule has 0 fully saturated rings. The van der Waals surface area contributed by atoms with Gasteiger partial charge in [0.1, 0.15) is 5.69 Å². The van der Waals surface area contributed by atoms with E-state index in [1.54, 1.807) is 38.5 Å². The van der Waals surface area contributed by atoms with Gasteiger partial charge in [-0.3, -0.25) is 4.79 Å². The van der Waals surface area contributed by atoms with Gasteiger partial charge in [0.05, 0.1) is 14.2 Å². The smallest absolute Gasteiger partial charge is 0.274 e. The van der Waals surface area contributed by atoms with Crippen molar-refractivity contribution in [1.29, 1.82) is 0 Å². The zero-order chi connectivity index (χ0) is 20.8. The van der Waals surface area contributed by atoms with E-state index in [1.165, 1.54) is 5.56 Å². The maximum Gasteiger partial charge on any atom is 0.274 e. The van der Waals surface area contributed by atoms with Gasteiger partial charge in [-0.15, -0.1) is 0 Å². The van der Waals surface area contributed by atoms with E-state index >= 15 is 0 Å². The van der Waals surface area contributed by atoms with E-state index in [1.807, 2.05) is 25.1 Å². The molecule has 1 amide bonds. The third-order valence-electron chi connectivity index (χ3n) is 4.43. The number of nitrogens with zero attached hydrogens (tertiary/aromatic N) is 2. The fraction of sp³-hybridized carbons (Fsp3) is 0.227. The molecular formula is C22H24N4O3. The molecule has 3 rings (SSSR count). The second kappa shape index (κ2) is 9.05. The quantitative estimate of drug-likeness (QED) is 0.633. The average molecular weight is 392 g/mol. The summed E-state index contributed by atoms with van der Waals surface area (Å²) in [5.74, 6) is 1.20. The van der Waals surface area contributed by atoms with Crippen LogP contribution in [0.15, 0.2) is 48.5 Å². The molecule has 1 heterocycles. The number of amides is 1. The van der Waals surface area contributed by atoms with Crippen molar-refractivity contribution in [2.24, 2.45) is 0 Å². The average Bonchev–Trinajstić information content (AvgIpc) is 2.72. The lowest BCUT2D eigenvalue weighted by molar-refractivity contribution is 0.102. The third-order valence-corrected chi connectivity index (χ3v) is 4.43. The molecule has 0 unspecified atom stereocenters. The highest BCUT2D eigenvalue weighted by Gasteiger charge is 2.13. The zero-order valence-corrected chi connectivity index (χ0v) is 16.9. The molecule has 7 nitrogen and oxygen atoms in total.